The first-order valence-corrected chi connectivity index (χ1v) is 10.2. The summed E-state index contributed by atoms with van der Waals surface area (Å²) < 4.78 is 11.0. The summed E-state index contributed by atoms with van der Waals surface area (Å²) in [7, 11) is 2.08. The summed E-state index contributed by atoms with van der Waals surface area (Å²) in [4.78, 5) is 29.6. The number of hydrogen-bond acceptors (Lipinski definition) is 7. The molecule has 0 atom stereocenters. The van der Waals surface area contributed by atoms with Crippen molar-refractivity contribution in [1.82, 2.24) is 9.80 Å². The zero-order valence-electron chi connectivity index (χ0n) is 17.1. The molecule has 0 spiro atoms. The van der Waals surface area contributed by atoms with Crippen molar-refractivity contribution in [3.05, 3.63) is 74.9 Å². The van der Waals surface area contributed by atoms with E-state index in [1.165, 1.54) is 6.07 Å². The van der Waals surface area contributed by atoms with Crippen LogP contribution in [0.1, 0.15) is 5.56 Å². The van der Waals surface area contributed by atoms with E-state index < -0.39 is 11.3 Å². The number of likely N-dealkylation sites (N-methyl/N-ethyl adjacent to an activating group) is 1. The normalized spacial score (nSPS) is 15.6. The van der Waals surface area contributed by atoms with Crippen molar-refractivity contribution in [3.63, 3.8) is 0 Å². The van der Waals surface area contributed by atoms with E-state index in [0.717, 1.165) is 31.6 Å². The molecule has 31 heavy (non-hydrogen) atoms. The number of fused-ring (bicyclic) bond motifs is 2. The van der Waals surface area contributed by atoms with Crippen molar-refractivity contribution in [2.24, 2.45) is 0 Å². The number of rotatable bonds is 3. The number of phenols is 1. The molecule has 0 amide bonds. The standard InChI is InChI=1S/C24H22N2O5/c1-25-8-10-26(11-9-25)14-19-20(27)7-6-16-17(13-22(28)31-23(16)19)18-12-15-4-2-3-5-21(15)30-24(18)29/h2-7,12-13,27H,8-11,14H2,1H3. The molecule has 0 saturated carbocycles. The lowest BCUT2D eigenvalue weighted by Crippen LogP contribution is -2.43. The Morgan fingerprint density at radius 3 is 2.52 bits per heavy atom. The molecular formula is C24H22N2O5. The average Bonchev–Trinajstić information content (AvgIpc) is 2.76. The quantitative estimate of drug-likeness (QED) is 0.512. The van der Waals surface area contributed by atoms with E-state index >= 15 is 0 Å². The predicted molar refractivity (Wildman–Crippen MR) is 118 cm³/mol. The third kappa shape index (κ3) is 3.62. The van der Waals surface area contributed by atoms with Gasteiger partial charge in [-0.3, -0.25) is 4.90 Å². The van der Waals surface area contributed by atoms with E-state index in [0.29, 0.717) is 34.2 Å². The van der Waals surface area contributed by atoms with E-state index in [1.54, 1.807) is 30.3 Å². The largest absolute Gasteiger partial charge is 0.507 e. The van der Waals surface area contributed by atoms with Crippen molar-refractivity contribution in [2.75, 3.05) is 33.2 Å². The van der Waals surface area contributed by atoms with Crippen LogP contribution in [0.15, 0.2) is 67.0 Å². The Labute approximate surface area is 177 Å². The lowest BCUT2D eigenvalue weighted by molar-refractivity contribution is 0.147. The van der Waals surface area contributed by atoms with Crippen molar-refractivity contribution in [3.8, 4) is 16.9 Å². The molecule has 2 aromatic carbocycles. The topological polar surface area (TPSA) is 87.1 Å². The number of hydrogen-bond donors (Lipinski definition) is 1. The fraction of sp³-hybridized carbons (Fsp3) is 0.250. The molecule has 0 bridgehead atoms. The van der Waals surface area contributed by atoms with Crippen LogP contribution in [0.25, 0.3) is 33.1 Å². The maximum absolute atomic E-state index is 12.7. The smallest absolute Gasteiger partial charge is 0.344 e. The fourth-order valence-electron chi connectivity index (χ4n) is 4.13. The monoisotopic (exact) mass is 418 g/mol. The molecule has 4 aromatic rings. The summed E-state index contributed by atoms with van der Waals surface area (Å²) >= 11 is 0. The predicted octanol–water partition coefficient (Wildman–Crippen LogP) is 3.02. The molecular weight excluding hydrogens is 396 g/mol. The van der Waals surface area contributed by atoms with Crippen LogP contribution in [0.4, 0.5) is 0 Å². The Hall–Kier alpha value is -3.42. The van der Waals surface area contributed by atoms with Gasteiger partial charge in [-0.15, -0.1) is 0 Å². The maximum atomic E-state index is 12.7. The second-order valence-electron chi connectivity index (χ2n) is 7.98. The average molecular weight is 418 g/mol. The van der Waals surface area contributed by atoms with Crippen LogP contribution in [0, 0.1) is 0 Å². The number of para-hydroxylation sites is 1. The van der Waals surface area contributed by atoms with Crippen LogP contribution in [-0.2, 0) is 6.54 Å². The van der Waals surface area contributed by atoms with E-state index in [1.807, 2.05) is 12.1 Å². The van der Waals surface area contributed by atoms with Crippen LogP contribution in [0.2, 0.25) is 0 Å². The van der Waals surface area contributed by atoms with Gasteiger partial charge in [-0.25, -0.2) is 9.59 Å². The van der Waals surface area contributed by atoms with Gasteiger partial charge in [0.1, 0.15) is 16.9 Å². The Morgan fingerprint density at radius 1 is 0.935 bits per heavy atom. The molecule has 1 fully saturated rings. The van der Waals surface area contributed by atoms with Gasteiger partial charge in [0.15, 0.2) is 0 Å². The molecule has 2 aromatic heterocycles. The minimum absolute atomic E-state index is 0.0669. The summed E-state index contributed by atoms with van der Waals surface area (Å²) in [5, 5.41) is 11.9. The molecule has 0 unspecified atom stereocenters. The summed E-state index contributed by atoms with van der Waals surface area (Å²) in [6.45, 7) is 4.02. The fourth-order valence-corrected chi connectivity index (χ4v) is 4.13. The van der Waals surface area contributed by atoms with Gasteiger partial charge in [0.25, 0.3) is 0 Å². The van der Waals surface area contributed by atoms with Crippen molar-refractivity contribution < 1.29 is 13.9 Å². The molecule has 0 radical (unpaired) electrons. The Bertz CT molecular complexity index is 1400. The van der Waals surface area contributed by atoms with Gasteiger partial charge in [0.2, 0.25) is 0 Å². The highest BCUT2D eigenvalue weighted by Gasteiger charge is 2.21. The Balaban J connectivity index is 1.68. The molecule has 158 valence electrons. The SMILES string of the molecule is CN1CCN(Cc2c(O)ccc3c(-c4cc5ccccc5oc4=O)cc(=O)oc23)CC1. The molecule has 1 aliphatic rings. The highest BCUT2D eigenvalue weighted by Crippen LogP contribution is 2.33. The van der Waals surface area contributed by atoms with E-state index in [-0.39, 0.29) is 11.3 Å². The van der Waals surface area contributed by atoms with Gasteiger partial charge in [-0.2, -0.15) is 0 Å². The number of phenolic OH excluding ortho intramolecular Hbond substituents is 1. The second-order valence-corrected chi connectivity index (χ2v) is 7.98. The van der Waals surface area contributed by atoms with Crippen LogP contribution in [0.3, 0.4) is 0 Å². The number of benzene rings is 2. The van der Waals surface area contributed by atoms with Gasteiger partial charge in [-0.1, -0.05) is 18.2 Å². The molecule has 1 aliphatic heterocycles. The third-order valence-electron chi connectivity index (χ3n) is 5.90. The van der Waals surface area contributed by atoms with E-state index in [9.17, 15) is 14.7 Å². The third-order valence-corrected chi connectivity index (χ3v) is 5.90. The molecule has 7 nitrogen and oxygen atoms in total. The first-order valence-electron chi connectivity index (χ1n) is 10.2. The lowest BCUT2D eigenvalue weighted by atomic mass is 9.99. The molecule has 7 heteroatoms. The van der Waals surface area contributed by atoms with Crippen LogP contribution < -0.4 is 11.3 Å². The summed E-state index contributed by atoms with van der Waals surface area (Å²) in [6, 6.07) is 13.5. The van der Waals surface area contributed by atoms with E-state index in [2.05, 4.69) is 16.8 Å². The van der Waals surface area contributed by atoms with Crippen molar-refractivity contribution >= 4 is 21.9 Å². The summed E-state index contributed by atoms with van der Waals surface area (Å²) in [5.41, 5.74) is 0.940. The van der Waals surface area contributed by atoms with Crippen molar-refractivity contribution in [1.29, 1.82) is 0 Å². The van der Waals surface area contributed by atoms with Gasteiger partial charge >= 0.3 is 11.3 Å². The minimum Gasteiger partial charge on any atom is -0.507 e. The zero-order chi connectivity index (χ0) is 21.5. The summed E-state index contributed by atoms with van der Waals surface area (Å²) in [6.07, 6.45) is 0. The number of nitrogens with zero attached hydrogens (tertiary/aromatic N) is 2. The maximum Gasteiger partial charge on any atom is 0.344 e. The Morgan fingerprint density at radius 2 is 1.71 bits per heavy atom. The van der Waals surface area contributed by atoms with Crippen molar-refractivity contribution in [2.45, 2.75) is 6.54 Å². The van der Waals surface area contributed by atoms with Gasteiger partial charge in [-0.05, 0) is 31.3 Å². The minimum atomic E-state index is -0.583. The highest BCUT2D eigenvalue weighted by molar-refractivity contribution is 5.97. The highest BCUT2D eigenvalue weighted by atomic mass is 16.4. The van der Waals surface area contributed by atoms with Crippen LogP contribution in [0.5, 0.6) is 5.75 Å². The number of aromatic hydroxyl groups is 1. The van der Waals surface area contributed by atoms with Gasteiger partial charge < -0.3 is 18.8 Å². The first kappa shape index (κ1) is 19.5. The van der Waals surface area contributed by atoms with E-state index in [4.69, 9.17) is 8.83 Å². The second kappa shape index (κ2) is 7.68. The molecule has 1 saturated heterocycles. The Kier molecular flexibility index (Phi) is 4.84. The number of piperazine rings is 1. The van der Waals surface area contributed by atoms with Gasteiger partial charge in [0, 0.05) is 55.1 Å². The molecule has 5 rings (SSSR count). The van der Waals surface area contributed by atoms with Crippen LogP contribution >= 0.6 is 0 Å². The molecule has 3 heterocycles. The van der Waals surface area contributed by atoms with Gasteiger partial charge in [0.05, 0.1) is 11.1 Å². The summed E-state index contributed by atoms with van der Waals surface area (Å²) in [5.74, 6) is 0.0669. The van der Waals surface area contributed by atoms with Crippen LogP contribution in [-0.4, -0.2) is 48.1 Å². The zero-order valence-corrected chi connectivity index (χ0v) is 17.1. The molecule has 0 aliphatic carbocycles. The molecule has 1 N–H and O–H groups in total. The first-order chi connectivity index (χ1) is 15.0. The lowest BCUT2D eigenvalue weighted by Gasteiger charge is -2.32.